The highest BCUT2D eigenvalue weighted by molar-refractivity contribution is 7.98. The molecule has 1 heterocycles. The molecule has 1 aromatic carbocycles. The minimum atomic E-state index is -0.0539. The van der Waals surface area contributed by atoms with Crippen molar-refractivity contribution in [2.45, 2.75) is 24.3 Å². The number of carbonyl (C=O) groups is 1. The largest absolute Gasteiger partial charge is 0.351 e. The molecule has 0 aliphatic carbocycles. The first kappa shape index (κ1) is 15.6. The van der Waals surface area contributed by atoms with Crippen molar-refractivity contribution < 1.29 is 4.79 Å². The molecular weight excluding hydrogens is 280 g/mol. The molecule has 0 aliphatic heterocycles. The summed E-state index contributed by atoms with van der Waals surface area (Å²) in [5.41, 5.74) is 1.91. The van der Waals surface area contributed by atoms with Gasteiger partial charge in [-0.05, 0) is 30.4 Å². The minimum absolute atomic E-state index is 0.0539. The first-order chi connectivity index (χ1) is 10.3. The van der Waals surface area contributed by atoms with Crippen LogP contribution in [0.5, 0.6) is 0 Å². The Bertz CT molecular complexity index is 586. The highest BCUT2D eigenvalue weighted by atomic mass is 32.2. The van der Waals surface area contributed by atoms with Crippen LogP contribution in [0.1, 0.15) is 35.2 Å². The number of carbonyl (C=O) groups excluding carboxylic acids is 1. The third kappa shape index (κ3) is 4.08. The number of hydrogen-bond acceptors (Lipinski definition) is 3. The molecule has 1 aromatic heterocycles. The first-order valence-electron chi connectivity index (χ1n) is 7.08. The van der Waals surface area contributed by atoms with E-state index in [0.29, 0.717) is 18.0 Å². The number of aromatic nitrogens is 1. The first-order valence-corrected chi connectivity index (χ1v) is 8.30. The zero-order chi connectivity index (χ0) is 15.1. The fourth-order valence-corrected chi connectivity index (χ4v) is 2.81. The Morgan fingerprint density at radius 2 is 2.00 bits per heavy atom. The molecule has 0 radical (unpaired) electrons. The van der Waals surface area contributed by atoms with Crippen molar-refractivity contribution in [3.63, 3.8) is 0 Å². The standard InChI is InChI=1S/C17H20N2OS/c1-3-13(14-8-5-4-6-9-14)12-19-16(20)15-10-7-11-18-17(15)21-2/h4-11,13H,3,12H2,1-2H3,(H,19,20)/t13-/m1/s1. The van der Waals surface area contributed by atoms with Gasteiger partial charge in [-0.25, -0.2) is 4.98 Å². The Morgan fingerprint density at radius 3 is 2.67 bits per heavy atom. The highest BCUT2D eigenvalue weighted by Crippen LogP contribution is 2.19. The molecule has 3 nitrogen and oxygen atoms in total. The lowest BCUT2D eigenvalue weighted by Crippen LogP contribution is -2.28. The number of hydrogen-bond donors (Lipinski definition) is 1. The van der Waals surface area contributed by atoms with Gasteiger partial charge in [-0.15, -0.1) is 11.8 Å². The van der Waals surface area contributed by atoms with Gasteiger partial charge in [-0.3, -0.25) is 4.79 Å². The number of pyridine rings is 1. The molecule has 4 heteroatoms. The number of rotatable bonds is 6. The third-order valence-corrected chi connectivity index (χ3v) is 4.19. The molecule has 1 atom stereocenters. The second-order valence-electron chi connectivity index (χ2n) is 4.79. The molecule has 21 heavy (non-hydrogen) atoms. The number of thioether (sulfide) groups is 1. The number of nitrogens with one attached hydrogen (secondary N) is 1. The van der Waals surface area contributed by atoms with Crippen LogP contribution in [0.15, 0.2) is 53.7 Å². The van der Waals surface area contributed by atoms with E-state index < -0.39 is 0 Å². The maximum atomic E-state index is 12.3. The monoisotopic (exact) mass is 300 g/mol. The van der Waals surface area contributed by atoms with Gasteiger partial charge in [0.25, 0.3) is 5.91 Å². The van der Waals surface area contributed by atoms with Crippen molar-refractivity contribution >= 4 is 17.7 Å². The van der Waals surface area contributed by atoms with Crippen LogP contribution in [-0.2, 0) is 0 Å². The predicted octanol–water partition coefficient (Wildman–Crippen LogP) is 3.73. The van der Waals surface area contributed by atoms with E-state index in [-0.39, 0.29) is 5.91 Å². The molecular formula is C17H20N2OS. The summed E-state index contributed by atoms with van der Waals surface area (Å²) >= 11 is 1.49. The van der Waals surface area contributed by atoms with E-state index in [1.54, 1.807) is 12.3 Å². The second-order valence-corrected chi connectivity index (χ2v) is 5.58. The van der Waals surface area contributed by atoms with Crippen LogP contribution in [0.25, 0.3) is 0 Å². The zero-order valence-corrected chi connectivity index (χ0v) is 13.2. The van der Waals surface area contributed by atoms with Gasteiger partial charge in [0.15, 0.2) is 0 Å². The summed E-state index contributed by atoms with van der Waals surface area (Å²) in [6.07, 6.45) is 4.63. The molecule has 1 N–H and O–H groups in total. The Kier molecular flexibility index (Phi) is 5.81. The van der Waals surface area contributed by atoms with E-state index in [9.17, 15) is 4.79 Å². The second kappa shape index (κ2) is 7.84. The van der Waals surface area contributed by atoms with Crippen molar-refractivity contribution in [1.29, 1.82) is 0 Å². The van der Waals surface area contributed by atoms with Gasteiger partial charge >= 0.3 is 0 Å². The number of benzene rings is 1. The summed E-state index contributed by atoms with van der Waals surface area (Å²) < 4.78 is 0. The Balaban J connectivity index is 2.03. The lowest BCUT2D eigenvalue weighted by Gasteiger charge is -2.16. The maximum Gasteiger partial charge on any atom is 0.254 e. The Hall–Kier alpha value is -1.81. The molecule has 2 aromatic rings. The van der Waals surface area contributed by atoms with Crippen LogP contribution in [0, 0.1) is 0 Å². The molecule has 0 saturated heterocycles. The molecule has 0 fully saturated rings. The number of nitrogens with zero attached hydrogens (tertiary/aromatic N) is 1. The fraction of sp³-hybridized carbons (Fsp3) is 0.294. The maximum absolute atomic E-state index is 12.3. The highest BCUT2D eigenvalue weighted by Gasteiger charge is 2.14. The van der Waals surface area contributed by atoms with E-state index in [2.05, 4.69) is 29.4 Å². The summed E-state index contributed by atoms with van der Waals surface area (Å²) in [6, 6.07) is 13.9. The van der Waals surface area contributed by atoms with Gasteiger partial charge in [0.05, 0.1) is 5.56 Å². The summed E-state index contributed by atoms with van der Waals surface area (Å²) in [5, 5.41) is 3.80. The van der Waals surface area contributed by atoms with Gasteiger partial charge in [0, 0.05) is 18.7 Å². The van der Waals surface area contributed by atoms with Crippen LogP contribution in [-0.4, -0.2) is 23.7 Å². The van der Waals surface area contributed by atoms with E-state index in [1.165, 1.54) is 17.3 Å². The summed E-state index contributed by atoms with van der Waals surface area (Å²) in [4.78, 5) is 16.5. The SMILES string of the molecule is CC[C@H](CNC(=O)c1cccnc1SC)c1ccccc1. The Morgan fingerprint density at radius 1 is 1.24 bits per heavy atom. The lowest BCUT2D eigenvalue weighted by molar-refractivity contribution is 0.0947. The zero-order valence-electron chi connectivity index (χ0n) is 12.4. The average Bonchev–Trinajstić information content (AvgIpc) is 2.56. The van der Waals surface area contributed by atoms with Crippen LogP contribution < -0.4 is 5.32 Å². The average molecular weight is 300 g/mol. The van der Waals surface area contributed by atoms with Crippen molar-refractivity contribution in [2.75, 3.05) is 12.8 Å². The topological polar surface area (TPSA) is 42.0 Å². The smallest absolute Gasteiger partial charge is 0.254 e. The van der Waals surface area contributed by atoms with Crippen molar-refractivity contribution in [3.8, 4) is 0 Å². The molecule has 1 amide bonds. The van der Waals surface area contributed by atoms with E-state index in [1.807, 2.05) is 30.5 Å². The molecule has 0 spiro atoms. The van der Waals surface area contributed by atoms with Gasteiger partial charge in [0.1, 0.15) is 5.03 Å². The van der Waals surface area contributed by atoms with Crippen LogP contribution in [0.2, 0.25) is 0 Å². The van der Waals surface area contributed by atoms with E-state index in [0.717, 1.165) is 11.4 Å². The van der Waals surface area contributed by atoms with Crippen molar-refractivity contribution in [2.24, 2.45) is 0 Å². The predicted molar refractivity (Wildman–Crippen MR) is 87.8 cm³/mol. The minimum Gasteiger partial charge on any atom is -0.351 e. The van der Waals surface area contributed by atoms with Gasteiger partial charge in [-0.1, -0.05) is 37.3 Å². The third-order valence-electron chi connectivity index (χ3n) is 3.48. The molecule has 0 aliphatic rings. The van der Waals surface area contributed by atoms with Crippen molar-refractivity contribution in [3.05, 3.63) is 59.8 Å². The van der Waals surface area contributed by atoms with Crippen molar-refractivity contribution in [1.82, 2.24) is 10.3 Å². The normalized spacial score (nSPS) is 11.9. The summed E-state index contributed by atoms with van der Waals surface area (Å²) in [5.74, 6) is 0.284. The van der Waals surface area contributed by atoms with Gasteiger partial charge in [-0.2, -0.15) is 0 Å². The molecule has 110 valence electrons. The Labute approximate surface area is 130 Å². The van der Waals surface area contributed by atoms with Crippen LogP contribution >= 0.6 is 11.8 Å². The quantitative estimate of drug-likeness (QED) is 0.827. The summed E-state index contributed by atoms with van der Waals surface area (Å²) in [6.45, 7) is 2.78. The molecule has 0 bridgehead atoms. The van der Waals surface area contributed by atoms with Gasteiger partial charge < -0.3 is 5.32 Å². The molecule has 0 unspecified atom stereocenters. The summed E-state index contributed by atoms with van der Waals surface area (Å²) in [7, 11) is 0. The van der Waals surface area contributed by atoms with Gasteiger partial charge in [0.2, 0.25) is 0 Å². The number of amides is 1. The molecule has 2 rings (SSSR count). The van der Waals surface area contributed by atoms with E-state index >= 15 is 0 Å². The fourth-order valence-electron chi connectivity index (χ4n) is 2.26. The lowest BCUT2D eigenvalue weighted by atomic mass is 9.96. The van der Waals surface area contributed by atoms with Crippen LogP contribution in [0.3, 0.4) is 0 Å². The van der Waals surface area contributed by atoms with Crippen LogP contribution in [0.4, 0.5) is 0 Å². The molecule has 0 saturated carbocycles. The van der Waals surface area contributed by atoms with E-state index in [4.69, 9.17) is 0 Å².